The fraction of sp³-hybridized carbons (Fsp3) is 0.583. The highest BCUT2D eigenvalue weighted by atomic mass is 15.2. The molecule has 1 saturated heterocycles. The lowest BCUT2D eigenvalue weighted by Crippen LogP contribution is -2.50. The first kappa shape index (κ1) is 10.6. The Kier molecular flexibility index (Phi) is 3.34. The van der Waals surface area contributed by atoms with Gasteiger partial charge in [-0.2, -0.15) is 0 Å². The third kappa shape index (κ3) is 2.36. The van der Waals surface area contributed by atoms with E-state index in [0.29, 0.717) is 12.1 Å². The van der Waals surface area contributed by atoms with Crippen molar-refractivity contribution < 1.29 is 0 Å². The highest BCUT2D eigenvalue weighted by Crippen LogP contribution is 2.20. The van der Waals surface area contributed by atoms with Crippen LogP contribution >= 0.6 is 0 Å². The molecule has 0 spiro atoms. The predicted molar refractivity (Wildman–Crippen MR) is 61.7 cm³/mol. The second-order valence-corrected chi connectivity index (χ2v) is 4.22. The number of nitrogens with zero attached hydrogens (tertiary/aromatic N) is 2. The number of nitrogens with one attached hydrogen (secondary N) is 1. The first-order valence-electron chi connectivity index (χ1n) is 5.66. The molecule has 0 saturated carbocycles. The van der Waals surface area contributed by atoms with Crippen LogP contribution in [0.5, 0.6) is 0 Å². The van der Waals surface area contributed by atoms with Crippen molar-refractivity contribution in [1.29, 1.82) is 0 Å². The van der Waals surface area contributed by atoms with Gasteiger partial charge in [-0.25, -0.2) is 0 Å². The van der Waals surface area contributed by atoms with Crippen molar-refractivity contribution in [1.82, 2.24) is 15.2 Å². The molecule has 0 bridgehead atoms. The summed E-state index contributed by atoms with van der Waals surface area (Å²) in [6, 6.07) is 7.15. The van der Waals surface area contributed by atoms with E-state index >= 15 is 0 Å². The summed E-state index contributed by atoms with van der Waals surface area (Å²) in [5, 5.41) is 3.41. The zero-order valence-electron chi connectivity index (χ0n) is 9.48. The van der Waals surface area contributed by atoms with Crippen LogP contribution < -0.4 is 5.32 Å². The molecule has 1 aliphatic heterocycles. The maximum absolute atomic E-state index is 4.43. The molecule has 2 heterocycles. The zero-order valence-corrected chi connectivity index (χ0v) is 9.48. The molecule has 0 aromatic carbocycles. The summed E-state index contributed by atoms with van der Waals surface area (Å²) in [7, 11) is 0. The number of hydrogen-bond acceptors (Lipinski definition) is 3. The van der Waals surface area contributed by atoms with Crippen LogP contribution in [-0.2, 0) is 0 Å². The number of pyridine rings is 1. The Hall–Kier alpha value is -0.930. The normalized spacial score (nSPS) is 25.1. The van der Waals surface area contributed by atoms with Gasteiger partial charge in [-0.05, 0) is 26.0 Å². The molecule has 3 heteroatoms. The Morgan fingerprint density at radius 2 is 2.40 bits per heavy atom. The van der Waals surface area contributed by atoms with Gasteiger partial charge in [-0.3, -0.25) is 9.88 Å². The van der Waals surface area contributed by atoms with E-state index in [-0.39, 0.29) is 0 Å². The molecule has 3 nitrogen and oxygen atoms in total. The van der Waals surface area contributed by atoms with E-state index in [2.05, 4.69) is 41.2 Å². The van der Waals surface area contributed by atoms with Crippen LogP contribution in [0.2, 0.25) is 0 Å². The molecule has 1 N–H and O–H groups in total. The molecule has 0 aliphatic carbocycles. The molecule has 1 aromatic rings. The number of rotatable bonds is 2. The van der Waals surface area contributed by atoms with Gasteiger partial charge in [0.05, 0.1) is 5.69 Å². The average Bonchev–Trinajstić information content (AvgIpc) is 2.30. The summed E-state index contributed by atoms with van der Waals surface area (Å²) in [6.45, 7) is 7.79. The van der Waals surface area contributed by atoms with Gasteiger partial charge in [0.2, 0.25) is 0 Å². The molecule has 0 unspecified atom stereocenters. The maximum Gasteiger partial charge on any atom is 0.0572 e. The van der Waals surface area contributed by atoms with E-state index in [4.69, 9.17) is 0 Å². The lowest BCUT2D eigenvalue weighted by atomic mass is 10.1. The van der Waals surface area contributed by atoms with E-state index < -0.39 is 0 Å². The summed E-state index contributed by atoms with van der Waals surface area (Å²) >= 11 is 0. The second kappa shape index (κ2) is 4.73. The summed E-state index contributed by atoms with van der Waals surface area (Å²) in [6.07, 6.45) is 1.87. The van der Waals surface area contributed by atoms with Crippen LogP contribution in [0.3, 0.4) is 0 Å². The van der Waals surface area contributed by atoms with E-state index in [1.807, 2.05) is 12.3 Å². The van der Waals surface area contributed by atoms with Crippen molar-refractivity contribution in [2.45, 2.75) is 25.9 Å². The second-order valence-electron chi connectivity index (χ2n) is 4.22. The zero-order chi connectivity index (χ0) is 10.7. The van der Waals surface area contributed by atoms with E-state index in [9.17, 15) is 0 Å². The highest BCUT2D eigenvalue weighted by Gasteiger charge is 2.24. The topological polar surface area (TPSA) is 28.2 Å². The van der Waals surface area contributed by atoms with Gasteiger partial charge in [-0.15, -0.1) is 0 Å². The largest absolute Gasteiger partial charge is 0.314 e. The van der Waals surface area contributed by atoms with E-state index in [1.165, 1.54) is 5.69 Å². The van der Waals surface area contributed by atoms with Crippen molar-refractivity contribution in [3.05, 3.63) is 30.1 Å². The Morgan fingerprint density at radius 3 is 3.07 bits per heavy atom. The first-order chi connectivity index (χ1) is 7.29. The molecule has 0 amide bonds. The van der Waals surface area contributed by atoms with Crippen molar-refractivity contribution >= 4 is 0 Å². The van der Waals surface area contributed by atoms with Gasteiger partial charge >= 0.3 is 0 Å². The summed E-state index contributed by atoms with van der Waals surface area (Å²) in [5.41, 5.74) is 1.17. The molecule has 1 aliphatic rings. The van der Waals surface area contributed by atoms with Crippen LogP contribution in [0.4, 0.5) is 0 Å². The van der Waals surface area contributed by atoms with Crippen molar-refractivity contribution in [2.24, 2.45) is 0 Å². The minimum absolute atomic E-state index is 0.420. The van der Waals surface area contributed by atoms with E-state index in [1.54, 1.807) is 0 Å². The van der Waals surface area contributed by atoms with Gasteiger partial charge in [0.25, 0.3) is 0 Å². The fourth-order valence-corrected chi connectivity index (χ4v) is 2.23. The minimum Gasteiger partial charge on any atom is -0.314 e. The molecule has 2 atom stereocenters. The SMILES string of the molecule is C[C@H](c1ccccn1)N1CCNC[C@@H]1C. The molecule has 15 heavy (non-hydrogen) atoms. The van der Waals surface area contributed by atoms with Crippen molar-refractivity contribution in [3.63, 3.8) is 0 Å². The summed E-state index contributed by atoms with van der Waals surface area (Å²) < 4.78 is 0. The molecule has 82 valence electrons. The van der Waals surface area contributed by atoms with Crippen LogP contribution in [0.1, 0.15) is 25.6 Å². The first-order valence-corrected chi connectivity index (χ1v) is 5.66. The van der Waals surface area contributed by atoms with Crippen LogP contribution in [0.15, 0.2) is 24.4 Å². The van der Waals surface area contributed by atoms with Crippen LogP contribution in [-0.4, -0.2) is 35.6 Å². The lowest BCUT2D eigenvalue weighted by molar-refractivity contribution is 0.123. The number of piperazine rings is 1. The molecule has 0 radical (unpaired) electrons. The molecule has 2 rings (SSSR count). The van der Waals surface area contributed by atoms with Crippen molar-refractivity contribution in [3.8, 4) is 0 Å². The molecule has 1 aromatic heterocycles. The van der Waals surface area contributed by atoms with Crippen molar-refractivity contribution in [2.75, 3.05) is 19.6 Å². The number of hydrogen-bond donors (Lipinski definition) is 1. The Labute approximate surface area is 91.5 Å². The van der Waals surface area contributed by atoms with Gasteiger partial charge in [-0.1, -0.05) is 6.07 Å². The summed E-state index contributed by atoms with van der Waals surface area (Å²) in [4.78, 5) is 6.94. The summed E-state index contributed by atoms with van der Waals surface area (Å²) in [5.74, 6) is 0. The smallest absolute Gasteiger partial charge is 0.0572 e. The third-order valence-electron chi connectivity index (χ3n) is 3.17. The number of aromatic nitrogens is 1. The minimum atomic E-state index is 0.420. The van der Waals surface area contributed by atoms with Gasteiger partial charge in [0.15, 0.2) is 0 Å². The standard InChI is InChI=1S/C12H19N3/c1-10-9-13-7-8-15(10)11(2)12-5-3-4-6-14-12/h3-6,10-11,13H,7-9H2,1-2H3/t10-,11+/m0/s1. The Balaban J connectivity index is 2.09. The Morgan fingerprint density at radius 1 is 1.53 bits per heavy atom. The van der Waals surface area contributed by atoms with Gasteiger partial charge in [0.1, 0.15) is 0 Å². The average molecular weight is 205 g/mol. The van der Waals surface area contributed by atoms with E-state index in [0.717, 1.165) is 19.6 Å². The molecular weight excluding hydrogens is 186 g/mol. The monoisotopic (exact) mass is 205 g/mol. The Bertz CT molecular complexity index is 299. The van der Waals surface area contributed by atoms with Crippen LogP contribution in [0.25, 0.3) is 0 Å². The maximum atomic E-state index is 4.43. The highest BCUT2D eigenvalue weighted by molar-refractivity contribution is 5.08. The van der Waals surface area contributed by atoms with Gasteiger partial charge < -0.3 is 5.32 Å². The fourth-order valence-electron chi connectivity index (χ4n) is 2.23. The lowest BCUT2D eigenvalue weighted by Gasteiger charge is -2.38. The molecule has 1 fully saturated rings. The molecular formula is C12H19N3. The quantitative estimate of drug-likeness (QED) is 0.792. The van der Waals surface area contributed by atoms with Crippen LogP contribution in [0, 0.1) is 0 Å². The third-order valence-corrected chi connectivity index (χ3v) is 3.17. The van der Waals surface area contributed by atoms with Gasteiger partial charge in [0, 0.05) is 37.9 Å². The predicted octanol–water partition coefficient (Wildman–Crippen LogP) is 1.44.